The second-order valence-electron chi connectivity index (χ2n) is 4.50. The number of aliphatic hydroxyl groups excluding tert-OH is 1. The minimum absolute atomic E-state index is 0.0886. The number of hydrogen-bond donors (Lipinski definition) is 2. The van der Waals surface area contributed by atoms with E-state index in [1.165, 1.54) is 6.20 Å². The highest BCUT2D eigenvalue weighted by Gasteiger charge is 2.11. The molecule has 0 radical (unpaired) electrons. The van der Waals surface area contributed by atoms with Gasteiger partial charge in [0, 0.05) is 11.8 Å². The van der Waals surface area contributed by atoms with Gasteiger partial charge in [0.15, 0.2) is 0 Å². The summed E-state index contributed by atoms with van der Waals surface area (Å²) in [5.74, 6) is 5.04. The molecule has 2 aromatic rings. The van der Waals surface area contributed by atoms with Gasteiger partial charge in [0.1, 0.15) is 12.3 Å². The number of amides is 1. The minimum atomic E-state index is -0.229. The van der Waals surface area contributed by atoms with E-state index >= 15 is 0 Å². The second kappa shape index (κ2) is 7.22. The lowest BCUT2D eigenvalue weighted by atomic mass is 10.1. The van der Waals surface area contributed by atoms with Gasteiger partial charge in [0.25, 0.3) is 5.91 Å². The smallest absolute Gasteiger partial charge is 0.270 e. The fourth-order valence-electron chi connectivity index (χ4n) is 1.84. The number of hydrogen-bond acceptors (Lipinski definition) is 3. The zero-order valence-electron chi connectivity index (χ0n) is 11.7. The third kappa shape index (κ3) is 4.16. The van der Waals surface area contributed by atoms with Gasteiger partial charge < -0.3 is 10.4 Å². The lowest BCUT2D eigenvalue weighted by Gasteiger charge is -2.13. The number of aromatic nitrogens is 1. The SMILES string of the molecule is CC(NC(=O)c1ccc(C#CCO)cn1)c1ccccc1. The molecular weight excluding hydrogens is 264 g/mol. The molecule has 1 aromatic carbocycles. The first kappa shape index (κ1) is 14.8. The van der Waals surface area contributed by atoms with Crippen molar-refractivity contribution in [2.45, 2.75) is 13.0 Å². The molecule has 0 saturated carbocycles. The Bertz CT molecular complexity index is 655. The Morgan fingerprint density at radius 3 is 2.67 bits per heavy atom. The molecule has 0 aliphatic heterocycles. The molecule has 2 N–H and O–H groups in total. The van der Waals surface area contributed by atoms with Gasteiger partial charge in [-0.05, 0) is 24.6 Å². The van der Waals surface area contributed by atoms with E-state index in [1.807, 2.05) is 37.3 Å². The molecule has 21 heavy (non-hydrogen) atoms. The first-order valence-corrected chi connectivity index (χ1v) is 6.62. The van der Waals surface area contributed by atoms with Gasteiger partial charge in [0.05, 0.1) is 6.04 Å². The standard InChI is InChI=1S/C17H16N2O2/c1-13(15-7-3-2-4-8-15)19-17(21)16-10-9-14(12-18-16)6-5-11-20/h2-4,7-10,12-13,20H,11H2,1H3,(H,19,21). The Morgan fingerprint density at radius 2 is 2.05 bits per heavy atom. The van der Waals surface area contributed by atoms with Crippen LogP contribution in [0.5, 0.6) is 0 Å². The van der Waals surface area contributed by atoms with Crippen molar-refractivity contribution in [1.29, 1.82) is 0 Å². The highest BCUT2D eigenvalue weighted by molar-refractivity contribution is 5.92. The van der Waals surface area contributed by atoms with E-state index in [0.717, 1.165) is 5.56 Å². The molecule has 0 aliphatic rings. The lowest BCUT2D eigenvalue weighted by molar-refractivity contribution is 0.0935. The molecule has 1 amide bonds. The highest BCUT2D eigenvalue weighted by Crippen LogP contribution is 2.11. The van der Waals surface area contributed by atoms with Crippen LogP contribution in [-0.4, -0.2) is 22.6 Å². The van der Waals surface area contributed by atoms with Crippen molar-refractivity contribution in [2.24, 2.45) is 0 Å². The van der Waals surface area contributed by atoms with E-state index in [2.05, 4.69) is 22.1 Å². The third-order valence-corrected chi connectivity index (χ3v) is 2.96. The maximum Gasteiger partial charge on any atom is 0.270 e. The van der Waals surface area contributed by atoms with Crippen molar-refractivity contribution in [3.05, 3.63) is 65.5 Å². The van der Waals surface area contributed by atoms with E-state index in [-0.39, 0.29) is 18.6 Å². The van der Waals surface area contributed by atoms with Crippen LogP contribution in [0.4, 0.5) is 0 Å². The second-order valence-corrected chi connectivity index (χ2v) is 4.50. The number of benzene rings is 1. The Balaban J connectivity index is 2.03. The van der Waals surface area contributed by atoms with Crippen LogP contribution in [0.15, 0.2) is 48.7 Å². The molecule has 106 valence electrons. The summed E-state index contributed by atoms with van der Waals surface area (Å²) in [7, 11) is 0. The summed E-state index contributed by atoms with van der Waals surface area (Å²) in [6.07, 6.45) is 1.52. The average Bonchev–Trinajstić information content (AvgIpc) is 2.54. The van der Waals surface area contributed by atoms with Crippen LogP contribution in [0.1, 0.15) is 34.6 Å². The van der Waals surface area contributed by atoms with Gasteiger partial charge in [0.2, 0.25) is 0 Å². The van der Waals surface area contributed by atoms with E-state index in [9.17, 15) is 4.79 Å². The molecule has 0 fully saturated rings. The predicted octanol–water partition coefficient (Wildman–Crippen LogP) is 1.92. The van der Waals surface area contributed by atoms with Crippen LogP contribution >= 0.6 is 0 Å². The van der Waals surface area contributed by atoms with Gasteiger partial charge in [-0.3, -0.25) is 4.79 Å². The molecule has 2 rings (SSSR count). The van der Waals surface area contributed by atoms with Crippen molar-refractivity contribution in [3.8, 4) is 11.8 Å². The first-order valence-electron chi connectivity index (χ1n) is 6.62. The van der Waals surface area contributed by atoms with Crippen molar-refractivity contribution < 1.29 is 9.90 Å². The maximum atomic E-state index is 12.1. The Labute approximate surface area is 123 Å². The zero-order chi connectivity index (χ0) is 15.1. The first-order chi connectivity index (χ1) is 10.2. The topological polar surface area (TPSA) is 62.2 Å². The molecule has 1 atom stereocenters. The van der Waals surface area contributed by atoms with Gasteiger partial charge in [-0.1, -0.05) is 42.2 Å². The van der Waals surface area contributed by atoms with Gasteiger partial charge in [-0.2, -0.15) is 0 Å². The van der Waals surface area contributed by atoms with E-state index < -0.39 is 0 Å². The fraction of sp³-hybridized carbons (Fsp3) is 0.176. The van der Waals surface area contributed by atoms with Gasteiger partial charge in [-0.25, -0.2) is 4.98 Å². The van der Waals surface area contributed by atoms with Crippen LogP contribution in [0.2, 0.25) is 0 Å². The summed E-state index contributed by atoms with van der Waals surface area (Å²) in [5, 5.41) is 11.5. The largest absolute Gasteiger partial charge is 0.384 e. The summed E-state index contributed by atoms with van der Waals surface area (Å²) >= 11 is 0. The number of carbonyl (C=O) groups excluding carboxylic acids is 1. The lowest BCUT2D eigenvalue weighted by Crippen LogP contribution is -2.27. The molecule has 4 nitrogen and oxygen atoms in total. The van der Waals surface area contributed by atoms with Crippen LogP contribution in [0, 0.1) is 11.8 Å². The maximum absolute atomic E-state index is 12.1. The van der Waals surface area contributed by atoms with Crippen LogP contribution < -0.4 is 5.32 Å². The van der Waals surface area contributed by atoms with E-state index in [1.54, 1.807) is 12.1 Å². The molecule has 0 spiro atoms. The quantitative estimate of drug-likeness (QED) is 0.844. The predicted molar refractivity (Wildman–Crippen MR) is 80.5 cm³/mol. The number of rotatable bonds is 3. The monoisotopic (exact) mass is 280 g/mol. The number of carbonyl (C=O) groups is 1. The van der Waals surface area contributed by atoms with Crippen molar-refractivity contribution in [3.63, 3.8) is 0 Å². The molecule has 1 heterocycles. The van der Waals surface area contributed by atoms with Gasteiger partial charge in [-0.15, -0.1) is 0 Å². The average molecular weight is 280 g/mol. The number of nitrogens with one attached hydrogen (secondary N) is 1. The summed E-state index contributed by atoms with van der Waals surface area (Å²) in [5.41, 5.74) is 2.04. The van der Waals surface area contributed by atoms with Crippen molar-refractivity contribution >= 4 is 5.91 Å². The van der Waals surface area contributed by atoms with Gasteiger partial charge >= 0.3 is 0 Å². The third-order valence-electron chi connectivity index (χ3n) is 2.96. The van der Waals surface area contributed by atoms with E-state index in [4.69, 9.17) is 5.11 Å². The summed E-state index contributed by atoms with van der Waals surface area (Å²) in [6, 6.07) is 13.0. The highest BCUT2D eigenvalue weighted by atomic mass is 16.2. The normalized spacial score (nSPS) is 11.1. The summed E-state index contributed by atoms with van der Waals surface area (Å²) in [6.45, 7) is 1.73. The number of nitrogens with zero attached hydrogens (tertiary/aromatic N) is 1. The number of pyridine rings is 1. The molecule has 0 saturated heterocycles. The molecule has 0 aliphatic carbocycles. The van der Waals surface area contributed by atoms with Crippen molar-refractivity contribution in [1.82, 2.24) is 10.3 Å². The summed E-state index contributed by atoms with van der Waals surface area (Å²) < 4.78 is 0. The number of aliphatic hydroxyl groups is 1. The van der Waals surface area contributed by atoms with Crippen LogP contribution in [0.3, 0.4) is 0 Å². The molecule has 1 aromatic heterocycles. The molecule has 0 bridgehead atoms. The zero-order valence-corrected chi connectivity index (χ0v) is 11.7. The van der Waals surface area contributed by atoms with Crippen LogP contribution in [0.25, 0.3) is 0 Å². The Morgan fingerprint density at radius 1 is 1.29 bits per heavy atom. The minimum Gasteiger partial charge on any atom is -0.384 e. The molecule has 1 unspecified atom stereocenters. The van der Waals surface area contributed by atoms with Crippen LogP contribution in [-0.2, 0) is 0 Å². The Hall–Kier alpha value is -2.64. The molecular formula is C17H16N2O2. The van der Waals surface area contributed by atoms with Crippen molar-refractivity contribution in [2.75, 3.05) is 6.61 Å². The van der Waals surface area contributed by atoms with E-state index in [0.29, 0.717) is 11.3 Å². The molecule has 4 heteroatoms. The fourth-order valence-corrected chi connectivity index (χ4v) is 1.84. The summed E-state index contributed by atoms with van der Waals surface area (Å²) in [4.78, 5) is 16.2. The Kier molecular flexibility index (Phi) is 5.08.